The maximum absolute atomic E-state index is 13.1. The van der Waals surface area contributed by atoms with E-state index in [1.165, 1.54) is 6.07 Å². The van der Waals surface area contributed by atoms with Gasteiger partial charge in [-0.3, -0.25) is 4.79 Å². The van der Waals surface area contributed by atoms with Gasteiger partial charge in [-0.15, -0.1) is 0 Å². The smallest absolute Gasteiger partial charge is 0.249 e. The Morgan fingerprint density at radius 3 is 2.71 bits per heavy atom. The van der Waals surface area contributed by atoms with Crippen molar-refractivity contribution in [1.82, 2.24) is 5.32 Å². The van der Waals surface area contributed by atoms with Gasteiger partial charge in [0.2, 0.25) is 5.91 Å². The van der Waals surface area contributed by atoms with Gasteiger partial charge in [-0.05, 0) is 30.8 Å². The Balaban J connectivity index is 3.10. The van der Waals surface area contributed by atoms with Gasteiger partial charge in [-0.25, -0.2) is 4.39 Å². The molecule has 0 aliphatic heterocycles. The lowest BCUT2D eigenvalue weighted by Crippen LogP contribution is -2.31. The molecule has 5 N–H and O–H groups in total. The van der Waals surface area contributed by atoms with Gasteiger partial charge >= 0.3 is 0 Å². The van der Waals surface area contributed by atoms with Crippen molar-refractivity contribution in [1.29, 1.82) is 0 Å². The summed E-state index contributed by atoms with van der Waals surface area (Å²) in [5, 5.41) is 22.1. The molecule has 2 unspecified atom stereocenters. The molecule has 0 spiro atoms. The maximum atomic E-state index is 13.1. The number of carbonyl (C=O) groups excluding carboxylic acids is 1. The number of carbonyl (C=O) groups is 1. The van der Waals surface area contributed by atoms with E-state index in [2.05, 4.69) is 5.32 Å². The Labute approximate surface area is 98.1 Å². The van der Waals surface area contributed by atoms with E-state index in [4.69, 9.17) is 5.73 Å². The summed E-state index contributed by atoms with van der Waals surface area (Å²) in [4.78, 5) is 11.1. The quantitative estimate of drug-likeness (QED) is 0.561. The van der Waals surface area contributed by atoms with Crippen LogP contribution in [-0.4, -0.2) is 35.8 Å². The molecule has 5 nitrogen and oxygen atoms in total. The van der Waals surface area contributed by atoms with Crippen LogP contribution in [0, 0.1) is 5.82 Å². The summed E-state index contributed by atoms with van der Waals surface area (Å²) in [7, 11) is 1.59. The summed E-state index contributed by atoms with van der Waals surface area (Å²) in [5.41, 5.74) is 5.09. The first-order valence-corrected chi connectivity index (χ1v) is 5.07. The van der Waals surface area contributed by atoms with Gasteiger partial charge in [-0.2, -0.15) is 0 Å². The van der Waals surface area contributed by atoms with Crippen LogP contribution in [-0.2, 0) is 0 Å². The molecular formula is C11H15FN2O3. The van der Waals surface area contributed by atoms with Crippen molar-refractivity contribution in [3.05, 3.63) is 35.1 Å². The normalized spacial score (nSPS) is 14.4. The molecule has 0 radical (unpaired) electrons. The molecule has 0 heterocycles. The van der Waals surface area contributed by atoms with Crippen LogP contribution in [0.15, 0.2) is 18.2 Å². The third kappa shape index (κ3) is 3.23. The van der Waals surface area contributed by atoms with E-state index in [0.717, 1.165) is 12.1 Å². The number of rotatable bonds is 5. The lowest BCUT2D eigenvalue weighted by atomic mass is 9.98. The van der Waals surface area contributed by atoms with Crippen LogP contribution >= 0.6 is 0 Å². The Morgan fingerprint density at radius 2 is 2.18 bits per heavy atom. The first-order valence-electron chi connectivity index (χ1n) is 5.07. The van der Waals surface area contributed by atoms with Crippen LogP contribution in [0.3, 0.4) is 0 Å². The summed E-state index contributed by atoms with van der Waals surface area (Å²) in [6.45, 7) is 0.107. The second kappa shape index (κ2) is 5.72. The first-order chi connectivity index (χ1) is 7.97. The van der Waals surface area contributed by atoms with Crippen molar-refractivity contribution < 1.29 is 19.4 Å². The molecule has 1 rings (SSSR count). The highest BCUT2D eigenvalue weighted by molar-refractivity contribution is 5.94. The molecule has 1 aromatic carbocycles. The molecule has 0 aromatic heterocycles. The third-order valence-electron chi connectivity index (χ3n) is 2.38. The van der Waals surface area contributed by atoms with Gasteiger partial charge in [0.05, 0.1) is 6.10 Å². The Morgan fingerprint density at radius 1 is 1.53 bits per heavy atom. The lowest BCUT2D eigenvalue weighted by molar-refractivity contribution is 0.0196. The van der Waals surface area contributed by atoms with E-state index in [1.54, 1.807) is 7.05 Å². The average molecular weight is 242 g/mol. The second-order valence-corrected chi connectivity index (χ2v) is 3.67. The van der Waals surface area contributed by atoms with Crippen LogP contribution in [0.1, 0.15) is 22.0 Å². The van der Waals surface area contributed by atoms with E-state index in [0.29, 0.717) is 0 Å². The number of primary amides is 1. The van der Waals surface area contributed by atoms with Crippen LogP contribution in [0.5, 0.6) is 0 Å². The molecule has 2 atom stereocenters. The summed E-state index contributed by atoms with van der Waals surface area (Å²) in [5.74, 6) is -1.39. The number of hydrogen-bond donors (Lipinski definition) is 4. The third-order valence-corrected chi connectivity index (χ3v) is 2.38. The minimum atomic E-state index is -1.37. The Hall–Kier alpha value is -1.50. The number of nitrogens with one attached hydrogen (secondary N) is 1. The number of amides is 1. The number of nitrogens with two attached hydrogens (primary N) is 1. The van der Waals surface area contributed by atoms with Crippen molar-refractivity contribution in [2.45, 2.75) is 12.2 Å². The predicted molar refractivity (Wildman–Crippen MR) is 59.8 cm³/mol. The summed E-state index contributed by atoms with van der Waals surface area (Å²) in [6, 6.07) is 3.24. The molecule has 0 aliphatic carbocycles. The summed E-state index contributed by atoms with van der Waals surface area (Å²) in [6.07, 6.45) is -2.53. The zero-order valence-corrected chi connectivity index (χ0v) is 9.35. The van der Waals surface area contributed by atoms with Crippen molar-refractivity contribution in [2.24, 2.45) is 5.73 Å². The largest absolute Gasteiger partial charge is 0.389 e. The minimum Gasteiger partial charge on any atom is -0.389 e. The first kappa shape index (κ1) is 13.6. The molecular weight excluding hydrogens is 227 g/mol. The van der Waals surface area contributed by atoms with Gasteiger partial charge in [0.1, 0.15) is 11.9 Å². The van der Waals surface area contributed by atoms with E-state index in [1.807, 2.05) is 0 Å². The molecule has 94 valence electrons. The highest BCUT2D eigenvalue weighted by atomic mass is 19.1. The molecule has 17 heavy (non-hydrogen) atoms. The molecule has 0 saturated heterocycles. The van der Waals surface area contributed by atoms with E-state index in [-0.39, 0.29) is 17.7 Å². The number of hydrogen-bond acceptors (Lipinski definition) is 4. The molecule has 0 aliphatic rings. The second-order valence-electron chi connectivity index (χ2n) is 3.67. The molecule has 6 heteroatoms. The fourth-order valence-electron chi connectivity index (χ4n) is 1.53. The Bertz CT molecular complexity index is 412. The topological polar surface area (TPSA) is 95.6 Å². The van der Waals surface area contributed by atoms with Crippen molar-refractivity contribution >= 4 is 5.91 Å². The van der Waals surface area contributed by atoms with Crippen molar-refractivity contribution in [3.63, 3.8) is 0 Å². The fourth-order valence-corrected chi connectivity index (χ4v) is 1.53. The minimum absolute atomic E-state index is 0.00551. The van der Waals surface area contributed by atoms with Gasteiger partial charge in [0.15, 0.2) is 0 Å². The van der Waals surface area contributed by atoms with E-state index < -0.39 is 23.9 Å². The average Bonchev–Trinajstić information content (AvgIpc) is 2.27. The van der Waals surface area contributed by atoms with Crippen molar-refractivity contribution in [2.75, 3.05) is 13.6 Å². The SMILES string of the molecule is CNCC(O)C(O)c1cc(F)ccc1C(N)=O. The number of aliphatic hydroxyl groups is 2. The molecule has 1 amide bonds. The number of benzene rings is 1. The van der Waals surface area contributed by atoms with Crippen LogP contribution in [0.25, 0.3) is 0 Å². The van der Waals surface area contributed by atoms with Gasteiger partial charge in [0.25, 0.3) is 0 Å². The van der Waals surface area contributed by atoms with E-state index >= 15 is 0 Å². The molecule has 1 aromatic rings. The molecule has 0 bridgehead atoms. The highest BCUT2D eigenvalue weighted by Crippen LogP contribution is 2.22. The fraction of sp³-hybridized carbons (Fsp3) is 0.364. The number of aliphatic hydroxyl groups excluding tert-OH is 2. The van der Waals surface area contributed by atoms with E-state index in [9.17, 15) is 19.4 Å². The predicted octanol–water partition coefficient (Wildman–Crippen LogP) is -0.462. The molecule has 0 saturated carbocycles. The van der Waals surface area contributed by atoms with Gasteiger partial charge in [-0.1, -0.05) is 0 Å². The van der Waals surface area contributed by atoms with Crippen molar-refractivity contribution in [3.8, 4) is 0 Å². The zero-order chi connectivity index (χ0) is 13.0. The standard InChI is InChI=1S/C11H15FN2O3/c1-14-5-9(15)10(16)8-4-6(12)2-3-7(8)11(13)17/h2-4,9-10,14-16H,5H2,1H3,(H2,13,17). The maximum Gasteiger partial charge on any atom is 0.249 e. The Kier molecular flexibility index (Phi) is 4.56. The number of halogens is 1. The summed E-state index contributed by atoms with van der Waals surface area (Å²) < 4.78 is 13.1. The highest BCUT2D eigenvalue weighted by Gasteiger charge is 2.22. The summed E-state index contributed by atoms with van der Waals surface area (Å²) >= 11 is 0. The lowest BCUT2D eigenvalue weighted by Gasteiger charge is -2.19. The molecule has 0 fully saturated rings. The monoisotopic (exact) mass is 242 g/mol. The van der Waals surface area contributed by atoms with Crippen LogP contribution < -0.4 is 11.1 Å². The van der Waals surface area contributed by atoms with Crippen LogP contribution in [0.2, 0.25) is 0 Å². The van der Waals surface area contributed by atoms with Gasteiger partial charge < -0.3 is 21.3 Å². The number of likely N-dealkylation sites (N-methyl/N-ethyl adjacent to an activating group) is 1. The van der Waals surface area contributed by atoms with Gasteiger partial charge in [0, 0.05) is 12.1 Å². The zero-order valence-electron chi connectivity index (χ0n) is 9.35. The van der Waals surface area contributed by atoms with Crippen LogP contribution in [0.4, 0.5) is 4.39 Å².